The number of nitrogens with zero attached hydrogens (tertiary/aromatic N) is 1. The van der Waals surface area contributed by atoms with Crippen LogP contribution < -0.4 is 0 Å². The third-order valence-corrected chi connectivity index (χ3v) is 5.89. The van der Waals surface area contributed by atoms with Crippen molar-refractivity contribution in [2.24, 2.45) is 5.92 Å². The molecule has 5 heteroatoms. The maximum Gasteiger partial charge on any atom is 0.231 e. The highest BCUT2D eigenvalue weighted by Gasteiger charge is 2.45. The Balaban J connectivity index is 1.76. The van der Waals surface area contributed by atoms with Gasteiger partial charge in [-0.15, -0.1) is 0 Å². The largest absolute Gasteiger partial charge is 0.486 e. The maximum absolute atomic E-state index is 13.6. The topological polar surface area (TPSA) is 63.7 Å². The minimum atomic E-state index is -0.722. The predicted molar refractivity (Wildman–Crippen MR) is 121 cm³/mol. The van der Waals surface area contributed by atoms with Gasteiger partial charge in [-0.05, 0) is 38.3 Å². The van der Waals surface area contributed by atoms with E-state index in [-0.39, 0.29) is 35.9 Å². The zero-order valence-electron chi connectivity index (χ0n) is 18.6. The first-order chi connectivity index (χ1) is 15.4. The van der Waals surface area contributed by atoms with Gasteiger partial charge >= 0.3 is 0 Å². The van der Waals surface area contributed by atoms with Crippen molar-refractivity contribution in [1.29, 1.82) is 0 Å². The van der Waals surface area contributed by atoms with Crippen LogP contribution in [-0.4, -0.2) is 35.0 Å². The number of ketones is 2. The Bertz CT molecular complexity index is 1110. The van der Waals surface area contributed by atoms with Gasteiger partial charge in [0.25, 0.3) is 0 Å². The molecule has 0 saturated heterocycles. The lowest BCUT2D eigenvalue weighted by Gasteiger charge is -2.37. The Morgan fingerprint density at radius 2 is 1.50 bits per heavy atom. The summed E-state index contributed by atoms with van der Waals surface area (Å²) in [6.45, 7) is 5.78. The van der Waals surface area contributed by atoms with Crippen LogP contribution in [-0.2, 0) is 32.1 Å². The summed E-state index contributed by atoms with van der Waals surface area (Å²) in [6.07, 6.45) is 0.108. The summed E-state index contributed by atoms with van der Waals surface area (Å²) in [6, 6.07) is 19.3. The number of rotatable bonds is 6. The molecule has 32 heavy (non-hydrogen) atoms. The van der Waals surface area contributed by atoms with Crippen LogP contribution in [0.5, 0.6) is 0 Å². The van der Waals surface area contributed by atoms with E-state index in [9.17, 15) is 14.4 Å². The third kappa shape index (κ3) is 4.15. The van der Waals surface area contributed by atoms with Gasteiger partial charge in [-0.2, -0.15) is 0 Å². The molecule has 1 amide bonds. The SMILES string of the molecule is CC1=C(OC(C)C)C(=O)C2=C(CN(Cc3ccccc3)C(=O)C2Cc2ccccc2)C1=O. The molecule has 0 saturated carbocycles. The van der Waals surface area contributed by atoms with Crippen LogP contribution in [0.25, 0.3) is 0 Å². The fourth-order valence-electron chi connectivity index (χ4n) is 4.37. The van der Waals surface area contributed by atoms with Gasteiger partial charge < -0.3 is 9.64 Å². The number of hydrogen-bond acceptors (Lipinski definition) is 4. The van der Waals surface area contributed by atoms with Crippen LogP contribution in [0.1, 0.15) is 31.9 Å². The van der Waals surface area contributed by atoms with Crippen LogP contribution in [0.2, 0.25) is 0 Å². The molecule has 0 aromatic heterocycles. The first-order valence-electron chi connectivity index (χ1n) is 10.9. The van der Waals surface area contributed by atoms with Gasteiger partial charge in [0.15, 0.2) is 11.5 Å². The second-order valence-electron chi connectivity index (χ2n) is 8.59. The van der Waals surface area contributed by atoms with Gasteiger partial charge in [-0.3, -0.25) is 14.4 Å². The fraction of sp³-hybridized carbons (Fsp3) is 0.296. The molecule has 164 valence electrons. The standard InChI is InChI=1S/C27H27NO4/c1-17(2)32-26-18(3)24(29)22-16-28(15-20-12-8-5-9-13-20)27(31)21(23(22)25(26)30)14-19-10-6-4-7-11-19/h4-13,17,21H,14-16H2,1-3H3. The summed E-state index contributed by atoms with van der Waals surface area (Å²) < 4.78 is 5.74. The van der Waals surface area contributed by atoms with Crippen molar-refractivity contribution in [2.75, 3.05) is 6.54 Å². The Kier molecular flexibility index (Phi) is 6.08. The van der Waals surface area contributed by atoms with Gasteiger partial charge in [-0.25, -0.2) is 0 Å². The normalized spacial score (nSPS) is 19.1. The quantitative estimate of drug-likeness (QED) is 0.651. The number of benzene rings is 2. The molecule has 0 fully saturated rings. The van der Waals surface area contributed by atoms with Crippen LogP contribution in [0.15, 0.2) is 83.1 Å². The van der Waals surface area contributed by atoms with E-state index in [2.05, 4.69) is 0 Å². The zero-order chi connectivity index (χ0) is 22.8. The van der Waals surface area contributed by atoms with Crippen LogP contribution in [0.4, 0.5) is 0 Å². The average molecular weight is 430 g/mol. The number of amides is 1. The summed E-state index contributed by atoms with van der Waals surface area (Å²) in [4.78, 5) is 42.1. The fourth-order valence-corrected chi connectivity index (χ4v) is 4.37. The molecule has 1 atom stereocenters. The first-order valence-corrected chi connectivity index (χ1v) is 10.9. The van der Waals surface area contributed by atoms with Crippen molar-refractivity contribution < 1.29 is 19.1 Å². The van der Waals surface area contributed by atoms with Crippen molar-refractivity contribution in [1.82, 2.24) is 4.90 Å². The van der Waals surface area contributed by atoms with E-state index in [4.69, 9.17) is 4.74 Å². The first kappa shape index (κ1) is 21.8. The number of carbonyl (C=O) groups excluding carboxylic acids is 3. The van der Waals surface area contributed by atoms with Gasteiger partial charge in [0.2, 0.25) is 11.7 Å². The van der Waals surface area contributed by atoms with Gasteiger partial charge in [-0.1, -0.05) is 60.7 Å². The maximum atomic E-state index is 13.6. The zero-order valence-corrected chi connectivity index (χ0v) is 18.6. The molecule has 1 unspecified atom stereocenters. The lowest BCUT2D eigenvalue weighted by molar-refractivity contribution is -0.137. The molecule has 1 aliphatic heterocycles. The molecule has 0 bridgehead atoms. The summed E-state index contributed by atoms with van der Waals surface area (Å²) in [7, 11) is 0. The molecule has 1 heterocycles. The molecule has 4 rings (SSSR count). The Labute approximate surface area is 188 Å². The summed E-state index contributed by atoms with van der Waals surface area (Å²) >= 11 is 0. The number of Topliss-reactive ketones (excluding diaryl/α,β-unsaturated/α-hetero) is 2. The molecule has 0 spiro atoms. The average Bonchev–Trinajstić information content (AvgIpc) is 2.79. The van der Waals surface area contributed by atoms with Crippen molar-refractivity contribution in [2.45, 2.75) is 39.8 Å². The van der Waals surface area contributed by atoms with Crippen LogP contribution in [0, 0.1) is 5.92 Å². The smallest absolute Gasteiger partial charge is 0.231 e. The van der Waals surface area contributed by atoms with E-state index >= 15 is 0 Å². The molecular weight excluding hydrogens is 402 g/mol. The van der Waals surface area contributed by atoms with Crippen LogP contribution >= 0.6 is 0 Å². The Hall–Kier alpha value is -3.47. The van der Waals surface area contributed by atoms with E-state index in [1.54, 1.807) is 11.8 Å². The lowest BCUT2D eigenvalue weighted by atomic mass is 9.76. The molecule has 2 aliphatic rings. The highest BCUT2D eigenvalue weighted by atomic mass is 16.5. The van der Waals surface area contributed by atoms with E-state index in [0.29, 0.717) is 29.7 Å². The van der Waals surface area contributed by atoms with Gasteiger partial charge in [0, 0.05) is 23.3 Å². The summed E-state index contributed by atoms with van der Waals surface area (Å²) in [5, 5.41) is 0. The lowest BCUT2D eigenvalue weighted by Crippen LogP contribution is -2.48. The number of carbonyl (C=O) groups is 3. The second-order valence-corrected chi connectivity index (χ2v) is 8.59. The molecule has 2 aromatic carbocycles. The summed E-state index contributed by atoms with van der Waals surface area (Å²) in [5.41, 5.74) is 2.95. The van der Waals surface area contributed by atoms with Gasteiger partial charge in [0.05, 0.1) is 18.6 Å². The van der Waals surface area contributed by atoms with Crippen molar-refractivity contribution in [3.8, 4) is 0 Å². The van der Waals surface area contributed by atoms with E-state index in [1.807, 2.05) is 74.5 Å². The highest BCUT2D eigenvalue weighted by molar-refractivity contribution is 6.26. The Morgan fingerprint density at radius 1 is 0.906 bits per heavy atom. The van der Waals surface area contributed by atoms with E-state index in [1.165, 1.54) is 0 Å². The van der Waals surface area contributed by atoms with Crippen molar-refractivity contribution in [3.63, 3.8) is 0 Å². The molecule has 0 N–H and O–H groups in total. The minimum Gasteiger partial charge on any atom is -0.486 e. The molecule has 1 aliphatic carbocycles. The monoisotopic (exact) mass is 429 g/mol. The second kappa shape index (κ2) is 8.95. The predicted octanol–water partition coefficient (Wildman–Crippen LogP) is 4.04. The molecule has 2 aromatic rings. The molecule has 5 nitrogen and oxygen atoms in total. The Morgan fingerprint density at radius 3 is 2.09 bits per heavy atom. The van der Waals surface area contributed by atoms with E-state index < -0.39 is 5.92 Å². The number of allylic oxidation sites excluding steroid dienone is 2. The third-order valence-electron chi connectivity index (χ3n) is 5.89. The van der Waals surface area contributed by atoms with Crippen LogP contribution in [0.3, 0.4) is 0 Å². The van der Waals surface area contributed by atoms with E-state index in [0.717, 1.165) is 11.1 Å². The van der Waals surface area contributed by atoms with Crippen molar-refractivity contribution >= 4 is 17.5 Å². The highest BCUT2D eigenvalue weighted by Crippen LogP contribution is 2.37. The molecule has 0 radical (unpaired) electrons. The molecular formula is C27H27NO4. The number of ether oxygens (including phenoxy) is 1. The van der Waals surface area contributed by atoms with Crippen molar-refractivity contribution in [3.05, 3.63) is 94.3 Å². The van der Waals surface area contributed by atoms with Gasteiger partial charge in [0.1, 0.15) is 0 Å². The number of hydrogen-bond donors (Lipinski definition) is 0. The minimum absolute atomic E-state index is 0.0751. The summed E-state index contributed by atoms with van der Waals surface area (Å²) in [5.74, 6) is -1.33.